The monoisotopic (exact) mass is 594 g/mol. The van der Waals surface area contributed by atoms with Crippen molar-refractivity contribution in [3.63, 3.8) is 0 Å². The second-order valence-corrected chi connectivity index (χ2v) is 10.8. The minimum absolute atomic E-state index is 0.0869. The first-order valence-corrected chi connectivity index (χ1v) is 15.4. The summed E-state index contributed by atoms with van der Waals surface area (Å²) >= 11 is 0. The van der Waals surface area contributed by atoms with Gasteiger partial charge in [-0.3, -0.25) is 14.9 Å². The van der Waals surface area contributed by atoms with E-state index in [0.717, 1.165) is 29.7 Å². The van der Waals surface area contributed by atoms with E-state index in [0.29, 0.717) is 18.5 Å². The van der Waals surface area contributed by atoms with E-state index < -0.39 is 22.6 Å². The van der Waals surface area contributed by atoms with E-state index in [1.807, 2.05) is 67.4 Å². The van der Waals surface area contributed by atoms with Gasteiger partial charge in [-0.05, 0) is 43.5 Å². The maximum Gasteiger partial charge on any atom is 0.409 e. The third-order valence-electron chi connectivity index (χ3n) is 6.86. The lowest BCUT2D eigenvalue weighted by atomic mass is 10.1. The molecule has 0 aliphatic carbocycles. The van der Waals surface area contributed by atoms with Gasteiger partial charge in [0.2, 0.25) is 0 Å². The molecule has 1 aromatic carbocycles. The topological polar surface area (TPSA) is 110 Å². The highest BCUT2D eigenvalue weighted by Crippen LogP contribution is 2.16. The molecule has 0 aliphatic rings. The lowest BCUT2D eigenvalue weighted by molar-refractivity contribution is -0.421. The largest absolute Gasteiger partial charge is 0.481 e. The molecule has 0 atom stereocenters. The van der Waals surface area contributed by atoms with Crippen LogP contribution in [0.3, 0.4) is 0 Å². The van der Waals surface area contributed by atoms with Gasteiger partial charge in [-0.15, -0.1) is 0 Å². The maximum absolute atomic E-state index is 12.3. The number of carboxylic acids is 1. The third kappa shape index (κ3) is 18.3. The number of ether oxygens (including phenoxy) is 1. The summed E-state index contributed by atoms with van der Waals surface area (Å²) in [5.41, 5.74) is 2.96. The molecular weight excluding hydrogens is 544 g/mol. The Hall–Kier alpha value is -3.94. The predicted octanol–water partition coefficient (Wildman–Crippen LogP) is 8.68. The molecule has 0 aliphatic heterocycles. The van der Waals surface area contributed by atoms with Crippen LogP contribution in [0.25, 0.3) is 6.08 Å². The zero-order chi connectivity index (χ0) is 31.9. The number of anilines is 1. The molecule has 0 unspecified atom stereocenters. The van der Waals surface area contributed by atoms with Crippen LogP contribution in [0.2, 0.25) is 0 Å². The van der Waals surface area contributed by atoms with Crippen molar-refractivity contribution in [3.8, 4) is 0 Å². The van der Waals surface area contributed by atoms with Crippen molar-refractivity contribution in [2.45, 2.75) is 91.4 Å². The number of nitro groups is 1. The molecule has 0 saturated heterocycles. The number of carboxylic acid groups (broad SMARTS) is 1. The van der Waals surface area contributed by atoms with Crippen molar-refractivity contribution in [1.29, 1.82) is 0 Å². The summed E-state index contributed by atoms with van der Waals surface area (Å²) in [5, 5.41) is 20.3. The van der Waals surface area contributed by atoms with E-state index >= 15 is 0 Å². The Labute approximate surface area is 257 Å². The molecule has 0 fully saturated rings. The van der Waals surface area contributed by atoms with E-state index in [1.165, 1.54) is 51.0 Å². The summed E-state index contributed by atoms with van der Waals surface area (Å²) < 4.78 is 5.16. The van der Waals surface area contributed by atoms with Gasteiger partial charge >= 0.3 is 17.6 Å². The van der Waals surface area contributed by atoms with Gasteiger partial charge in [0.15, 0.2) is 0 Å². The average Bonchev–Trinajstić information content (AvgIpc) is 2.98. The van der Waals surface area contributed by atoms with Crippen molar-refractivity contribution in [2.75, 3.05) is 25.1 Å². The molecular formula is C35H50N2O6. The third-order valence-corrected chi connectivity index (χ3v) is 6.86. The van der Waals surface area contributed by atoms with Crippen LogP contribution in [0, 0.1) is 10.1 Å². The fourth-order valence-electron chi connectivity index (χ4n) is 4.21. The fourth-order valence-corrected chi connectivity index (χ4v) is 4.21. The summed E-state index contributed by atoms with van der Waals surface area (Å²) in [6.45, 7) is 6.51. The second kappa shape index (κ2) is 22.6. The van der Waals surface area contributed by atoms with Crippen LogP contribution in [-0.4, -0.2) is 42.2 Å². The van der Waals surface area contributed by atoms with Gasteiger partial charge in [0.05, 0.1) is 18.0 Å². The molecule has 8 heteroatoms. The van der Waals surface area contributed by atoms with E-state index in [1.54, 1.807) is 19.1 Å². The molecule has 1 rings (SSSR count). The fraction of sp³-hybridized carbons (Fsp3) is 0.486. The predicted molar refractivity (Wildman–Crippen MR) is 176 cm³/mol. The summed E-state index contributed by atoms with van der Waals surface area (Å²) in [6, 6.07) is 7.85. The molecule has 1 N–H and O–H groups in total. The molecule has 43 heavy (non-hydrogen) atoms. The number of hydrogen-bond donors (Lipinski definition) is 1. The number of carbonyl (C=O) groups is 2. The molecule has 0 heterocycles. The molecule has 0 radical (unpaired) electrons. The van der Waals surface area contributed by atoms with Crippen molar-refractivity contribution in [1.82, 2.24) is 0 Å². The summed E-state index contributed by atoms with van der Waals surface area (Å²) in [7, 11) is 1.86. The van der Waals surface area contributed by atoms with Gasteiger partial charge in [-0.25, -0.2) is 4.79 Å². The van der Waals surface area contributed by atoms with Gasteiger partial charge in [0.25, 0.3) is 0 Å². The molecule has 236 valence electrons. The minimum Gasteiger partial charge on any atom is -0.481 e. The van der Waals surface area contributed by atoms with E-state index in [4.69, 9.17) is 9.84 Å². The van der Waals surface area contributed by atoms with Gasteiger partial charge in [0, 0.05) is 25.4 Å². The van der Waals surface area contributed by atoms with Crippen LogP contribution in [0.1, 0.15) is 97.0 Å². The number of allylic oxidation sites excluding steroid dienone is 8. The Morgan fingerprint density at radius 2 is 1.47 bits per heavy atom. The smallest absolute Gasteiger partial charge is 0.409 e. The van der Waals surface area contributed by atoms with Crippen molar-refractivity contribution < 1.29 is 24.4 Å². The Kier molecular flexibility index (Phi) is 19.5. The quantitative estimate of drug-likeness (QED) is 0.0357. The second-order valence-electron chi connectivity index (χ2n) is 10.8. The van der Waals surface area contributed by atoms with Gasteiger partial charge in [-0.2, -0.15) is 0 Å². The van der Waals surface area contributed by atoms with Crippen LogP contribution in [0.15, 0.2) is 77.6 Å². The maximum atomic E-state index is 12.3. The number of unbranched alkanes of at least 4 members (excludes halogenated alkanes) is 9. The highest BCUT2D eigenvalue weighted by atomic mass is 16.6. The van der Waals surface area contributed by atoms with Crippen LogP contribution in [-0.2, 0) is 14.3 Å². The van der Waals surface area contributed by atoms with E-state index in [-0.39, 0.29) is 13.0 Å². The molecule has 0 spiro atoms. The number of rotatable bonds is 22. The standard InChI is InChI=1S/C35H50N2O6/c1-5-6-7-8-9-10-11-12-13-16-27-43-35(40)33(37(41)42)28-30(3)18-15-14-17-29(2)19-20-31-21-23-32(24-22-31)36(4)26-25-34(38)39/h14-15,17-24,28H,5-13,16,25-27H2,1-4H3,(H,38,39). The lowest BCUT2D eigenvalue weighted by Crippen LogP contribution is -2.20. The van der Waals surface area contributed by atoms with Gasteiger partial charge in [0.1, 0.15) is 0 Å². The Morgan fingerprint density at radius 3 is 2.02 bits per heavy atom. The number of carbonyl (C=O) groups excluding carboxylic acids is 1. The first-order chi connectivity index (χ1) is 20.6. The van der Waals surface area contributed by atoms with E-state index in [9.17, 15) is 19.7 Å². The summed E-state index contributed by atoms with van der Waals surface area (Å²) in [4.78, 5) is 35.7. The number of esters is 1. The van der Waals surface area contributed by atoms with Gasteiger partial charge in [-0.1, -0.05) is 119 Å². The molecule has 0 amide bonds. The van der Waals surface area contributed by atoms with Crippen molar-refractivity contribution in [2.24, 2.45) is 0 Å². The van der Waals surface area contributed by atoms with Crippen molar-refractivity contribution >= 4 is 23.7 Å². The highest BCUT2D eigenvalue weighted by molar-refractivity contribution is 5.86. The van der Waals surface area contributed by atoms with Crippen molar-refractivity contribution in [3.05, 3.63) is 93.2 Å². The van der Waals surface area contributed by atoms with Crippen LogP contribution >= 0.6 is 0 Å². The number of nitrogens with zero attached hydrogens (tertiary/aromatic N) is 2. The molecule has 0 bridgehead atoms. The van der Waals surface area contributed by atoms with Crippen LogP contribution < -0.4 is 4.90 Å². The minimum atomic E-state index is -0.904. The van der Waals surface area contributed by atoms with Crippen LogP contribution in [0.4, 0.5) is 5.69 Å². The Morgan fingerprint density at radius 1 is 0.907 bits per heavy atom. The zero-order valence-electron chi connectivity index (χ0n) is 26.4. The SMILES string of the molecule is CCCCCCCCCCCCOC(=O)C(=CC(C)=CC=CC=C(C)C=Cc1ccc(N(C)CCC(=O)O)cc1)[N+](=O)[O-]. The van der Waals surface area contributed by atoms with E-state index in [2.05, 4.69) is 6.92 Å². The van der Waals surface area contributed by atoms with Gasteiger partial charge < -0.3 is 14.7 Å². The number of hydrogen-bond acceptors (Lipinski definition) is 6. The van der Waals surface area contributed by atoms with Crippen LogP contribution in [0.5, 0.6) is 0 Å². The number of aliphatic carboxylic acids is 1. The average molecular weight is 595 g/mol. The number of benzene rings is 1. The Balaban J connectivity index is 2.51. The normalized spacial score (nSPS) is 12.7. The molecule has 0 saturated carbocycles. The molecule has 0 aromatic heterocycles. The first kappa shape index (κ1) is 37.1. The summed E-state index contributed by atoms with van der Waals surface area (Å²) in [5.74, 6) is -1.72. The molecule has 8 nitrogen and oxygen atoms in total. The zero-order valence-corrected chi connectivity index (χ0v) is 26.4. The molecule has 1 aromatic rings. The summed E-state index contributed by atoms with van der Waals surface area (Å²) in [6.07, 6.45) is 24.1. The highest BCUT2D eigenvalue weighted by Gasteiger charge is 2.23. The first-order valence-electron chi connectivity index (χ1n) is 15.4. The Bertz CT molecular complexity index is 1150. The lowest BCUT2D eigenvalue weighted by Gasteiger charge is -2.18.